The molecule has 0 saturated carbocycles. The summed E-state index contributed by atoms with van der Waals surface area (Å²) in [7, 11) is 0. The quantitative estimate of drug-likeness (QED) is 0.873. The summed E-state index contributed by atoms with van der Waals surface area (Å²) < 4.78 is 18.6. The van der Waals surface area contributed by atoms with Gasteiger partial charge >= 0.3 is 0 Å². The van der Waals surface area contributed by atoms with Crippen LogP contribution < -0.4 is 10.1 Å². The van der Waals surface area contributed by atoms with Gasteiger partial charge in [-0.2, -0.15) is 0 Å². The normalized spacial score (nSPS) is 16.7. The number of nitrogens with one attached hydrogen (secondary N) is 1. The van der Waals surface area contributed by atoms with Gasteiger partial charge in [-0.25, -0.2) is 4.39 Å². The van der Waals surface area contributed by atoms with Crippen LogP contribution in [0.15, 0.2) is 48.5 Å². The molecule has 1 saturated heterocycles. The fourth-order valence-electron chi connectivity index (χ4n) is 3.24. The van der Waals surface area contributed by atoms with Gasteiger partial charge in [0.2, 0.25) is 5.91 Å². The third-order valence-electron chi connectivity index (χ3n) is 4.62. The van der Waals surface area contributed by atoms with Crippen LogP contribution in [0.4, 0.5) is 10.1 Å². The molecule has 2 aromatic rings. The standard InChI is InChI=1S/C21H23FN2O3/c1-2-27-19-8-4-3-7-18(19)23-20(25)16-6-5-13-24(14-16)21(26)15-9-11-17(22)12-10-15/h3-4,7-12,16H,2,5-6,13-14H2,1H3,(H,23,25). The molecule has 0 bridgehead atoms. The van der Waals surface area contributed by atoms with Crippen molar-refractivity contribution in [3.8, 4) is 5.75 Å². The van der Waals surface area contributed by atoms with Crippen molar-refractivity contribution in [2.24, 2.45) is 5.92 Å². The molecule has 1 unspecified atom stereocenters. The van der Waals surface area contributed by atoms with Crippen LogP contribution in [-0.4, -0.2) is 36.4 Å². The van der Waals surface area contributed by atoms with Crippen LogP contribution in [0, 0.1) is 11.7 Å². The highest BCUT2D eigenvalue weighted by Crippen LogP contribution is 2.26. The smallest absolute Gasteiger partial charge is 0.253 e. The summed E-state index contributed by atoms with van der Waals surface area (Å²) in [6.45, 7) is 3.34. The van der Waals surface area contributed by atoms with Crippen LogP contribution in [0.25, 0.3) is 0 Å². The zero-order valence-corrected chi connectivity index (χ0v) is 15.3. The van der Waals surface area contributed by atoms with Crippen molar-refractivity contribution in [3.05, 3.63) is 59.9 Å². The number of carbonyl (C=O) groups is 2. The van der Waals surface area contributed by atoms with Crippen molar-refractivity contribution in [1.82, 2.24) is 4.90 Å². The number of amides is 2. The van der Waals surface area contributed by atoms with E-state index in [-0.39, 0.29) is 23.5 Å². The lowest BCUT2D eigenvalue weighted by molar-refractivity contribution is -0.121. The predicted molar refractivity (Wildman–Crippen MR) is 101 cm³/mol. The van der Waals surface area contributed by atoms with Gasteiger partial charge in [0.05, 0.1) is 18.2 Å². The van der Waals surface area contributed by atoms with Gasteiger partial charge in [0.15, 0.2) is 0 Å². The summed E-state index contributed by atoms with van der Waals surface area (Å²) in [6.07, 6.45) is 1.47. The number of likely N-dealkylation sites (tertiary alicyclic amines) is 1. The predicted octanol–water partition coefficient (Wildman–Crippen LogP) is 3.72. The van der Waals surface area contributed by atoms with E-state index in [0.717, 1.165) is 12.8 Å². The summed E-state index contributed by atoms with van der Waals surface area (Å²) in [5.41, 5.74) is 1.06. The Kier molecular flexibility index (Phi) is 6.06. The van der Waals surface area contributed by atoms with E-state index in [1.54, 1.807) is 11.0 Å². The van der Waals surface area contributed by atoms with Gasteiger partial charge in [0, 0.05) is 18.7 Å². The number of nitrogens with zero attached hydrogens (tertiary/aromatic N) is 1. The second kappa shape index (κ2) is 8.66. The lowest BCUT2D eigenvalue weighted by atomic mass is 9.96. The fraction of sp³-hybridized carbons (Fsp3) is 0.333. The lowest BCUT2D eigenvalue weighted by Crippen LogP contribution is -2.43. The van der Waals surface area contributed by atoms with Crippen LogP contribution in [0.5, 0.6) is 5.75 Å². The molecule has 1 heterocycles. The third kappa shape index (κ3) is 4.64. The van der Waals surface area contributed by atoms with Gasteiger partial charge < -0.3 is 15.0 Å². The van der Waals surface area contributed by atoms with Gasteiger partial charge in [0.25, 0.3) is 5.91 Å². The monoisotopic (exact) mass is 370 g/mol. The molecule has 0 aliphatic carbocycles. The molecular weight excluding hydrogens is 347 g/mol. The van der Waals surface area contributed by atoms with Gasteiger partial charge in [-0.05, 0) is 56.2 Å². The summed E-state index contributed by atoms with van der Waals surface area (Å²) in [6, 6.07) is 12.8. The molecule has 27 heavy (non-hydrogen) atoms. The van der Waals surface area contributed by atoms with Crippen molar-refractivity contribution in [2.45, 2.75) is 19.8 Å². The summed E-state index contributed by atoms with van der Waals surface area (Å²) in [5, 5.41) is 2.92. The number of carbonyl (C=O) groups excluding carboxylic acids is 2. The van der Waals surface area contributed by atoms with Crippen molar-refractivity contribution >= 4 is 17.5 Å². The third-order valence-corrected chi connectivity index (χ3v) is 4.62. The van der Waals surface area contributed by atoms with Crippen molar-refractivity contribution in [2.75, 3.05) is 25.0 Å². The Morgan fingerprint density at radius 1 is 1.19 bits per heavy atom. The maximum Gasteiger partial charge on any atom is 0.253 e. The molecule has 3 rings (SSSR count). The minimum atomic E-state index is -0.379. The Balaban J connectivity index is 1.66. The van der Waals surface area contributed by atoms with Crippen molar-refractivity contribution in [1.29, 1.82) is 0 Å². The first-order chi connectivity index (χ1) is 13.1. The first-order valence-corrected chi connectivity index (χ1v) is 9.16. The Morgan fingerprint density at radius 2 is 1.93 bits per heavy atom. The van der Waals surface area contributed by atoms with E-state index in [9.17, 15) is 14.0 Å². The summed E-state index contributed by atoms with van der Waals surface area (Å²) in [5.74, 6) is -0.349. The number of hydrogen-bond donors (Lipinski definition) is 1. The molecule has 1 aliphatic rings. The molecule has 2 aromatic carbocycles. The van der Waals surface area contributed by atoms with Crippen LogP contribution in [0.1, 0.15) is 30.1 Å². The average Bonchev–Trinajstić information content (AvgIpc) is 2.70. The Bertz CT molecular complexity index is 807. The largest absolute Gasteiger partial charge is 0.492 e. The molecule has 1 atom stereocenters. The van der Waals surface area contributed by atoms with Crippen molar-refractivity contribution in [3.63, 3.8) is 0 Å². The summed E-state index contributed by atoms with van der Waals surface area (Å²) in [4.78, 5) is 27.0. The molecule has 6 heteroatoms. The van der Waals surface area contributed by atoms with E-state index < -0.39 is 0 Å². The van der Waals surface area contributed by atoms with Crippen molar-refractivity contribution < 1.29 is 18.7 Å². The molecule has 5 nitrogen and oxygen atoms in total. The van der Waals surface area contributed by atoms with Gasteiger partial charge in [-0.3, -0.25) is 9.59 Å². The Labute approximate surface area is 158 Å². The zero-order valence-electron chi connectivity index (χ0n) is 15.3. The van der Waals surface area contributed by atoms with Gasteiger partial charge in [0.1, 0.15) is 11.6 Å². The van der Waals surface area contributed by atoms with E-state index in [0.29, 0.717) is 36.7 Å². The molecule has 1 N–H and O–H groups in total. The molecule has 0 aromatic heterocycles. The van der Waals surface area contributed by atoms with E-state index in [1.807, 2.05) is 25.1 Å². The number of ether oxygens (including phenoxy) is 1. The molecule has 1 aliphatic heterocycles. The first kappa shape index (κ1) is 18.9. The number of anilines is 1. The lowest BCUT2D eigenvalue weighted by Gasteiger charge is -2.32. The second-order valence-electron chi connectivity index (χ2n) is 6.52. The van der Waals surface area contributed by atoms with Gasteiger partial charge in [-0.15, -0.1) is 0 Å². The summed E-state index contributed by atoms with van der Waals surface area (Å²) >= 11 is 0. The minimum Gasteiger partial charge on any atom is -0.492 e. The highest BCUT2D eigenvalue weighted by Gasteiger charge is 2.29. The molecular formula is C21H23FN2O3. The van der Waals surface area contributed by atoms with E-state index in [2.05, 4.69) is 5.32 Å². The van der Waals surface area contributed by atoms with E-state index in [4.69, 9.17) is 4.74 Å². The molecule has 0 spiro atoms. The van der Waals surface area contributed by atoms with Crippen LogP contribution in [0.3, 0.4) is 0 Å². The van der Waals surface area contributed by atoms with Crippen LogP contribution in [-0.2, 0) is 4.79 Å². The molecule has 1 fully saturated rings. The number of para-hydroxylation sites is 2. The number of halogens is 1. The number of piperidine rings is 1. The maximum atomic E-state index is 13.1. The first-order valence-electron chi connectivity index (χ1n) is 9.16. The highest BCUT2D eigenvalue weighted by molar-refractivity contribution is 5.96. The van der Waals surface area contributed by atoms with E-state index >= 15 is 0 Å². The fourth-order valence-corrected chi connectivity index (χ4v) is 3.24. The van der Waals surface area contributed by atoms with Gasteiger partial charge in [-0.1, -0.05) is 12.1 Å². The Hall–Kier alpha value is -2.89. The number of rotatable bonds is 5. The number of benzene rings is 2. The van der Waals surface area contributed by atoms with E-state index in [1.165, 1.54) is 24.3 Å². The van der Waals surface area contributed by atoms with Crippen LogP contribution in [0.2, 0.25) is 0 Å². The molecule has 2 amide bonds. The zero-order chi connectivity index (χ0) is 19.2. The molecule has 142 valence electrons. The SMILES string of the molecule is CCOc1ccccc1NC(=O)C1CCCN(C(=O)c2ccc(F)cc2)C1. The highest BCUT2D eigenvalue weighted by atomic mass is 19.1. The minimum absolute atomic E-state index is 0.126. The second-order valence-corrected chi connectivity index (χ2v) is 6.52. The molecule has 0 radical (unpaired) electrons. The average molecular weight is 370 g/mol. The van der Waals surface area contributed by atoms with Crippen LogP contribution >= 0.6 is 0 Å². The Morgan fingerprint density at radius 3 is 2.67 bits per heavy atom. The maximum absolute atomic E-state index is 13.1. The topological polar surface area (TPSA) is 58.6 Å². The number of hydrogen-bond acceptors (Lipinski definition) is 3.